The fourth-order valence-electron chi connectivity index (χ4n) is 5.47. The monoisotopic (exact) mass is 849 g/mol. The Bertz CT molecular complexity index is 1300. The molecule has 59 heavy (non-hydrogen) atoms. The minimum Gasteiger partial charge on any atom is -0.462 e. The van der Waals surface area contributed by atoms with Crippen molar-refractivity contribution in [2.75, 3.05) is 47.5 Å². The van der Waals surface area contributed by atoms with Crippen molar-refractivity contribution < 1.29 is 47.2 Å². The molecule has 10 nitrogen and oxygen atoms in total. The lowest BCUT2D eigenvalue weighted by molar-refractivity contribution is -0.870. The highest BCUT2D eigenvalue weighted by Crippen LogP contribution is 2.43. The SMILES string of the molecule is CC/C=C\C/C=C\C/C=C\C/C=C\C/C=C\C=C/C(O)CCC(=O)O[C@H](COC(=O)CCCCCCC/C=C\CCCCCCCC)COP(=O)(O)OCC[N+](C)(C)C. The lowest BCUT2D eigenvalue weighted by Crippen LogP contribution is -2.37. The van der Waals surface area contributed by atoms with Crippen molar-refractivity contribution in [1.29, 1.82) is 0 Å². The van der Waals surface area contributed by atoms with Gasteiger partial charge in [-0.05, 0) is 70.6 Å². The summed E-state index contributed by atoms with van der Waals surface area (Å²) in [5.41, 5.74) is 0. The molecule has 2 N–H and O–H groups in total. The Kier molecular flexibility index (Phi) is 37.4. The van der Waals surface area contributed by atoms with Crippen molar-refractivity contribution in [2.45, 2.75) is 161 Å². The number of unbranched alkanes of at least 4 members (excludes halogenated alkanes) is 11. The number of phosphoric ester groups is 1. The molecule has 0 rings (SSSR count). The number of phosphoric acid groups is 1. The van der Waals surface area contributed by atoms with Gasteiger partial charge >= 0.3 is 19.8 Å². The number of nitrogens with zero attached hydrogens (tertiary/aromatic N) is 1. The van der Waals surface area contributed by atoms with Crippen molar-refractivity contribution in [3.8, 4) is 0 Å². The fraction of sp³-hybridized carbons (Fsp3) is 0.667. The molecule has 0 aliphatic heterocycles. The Morgan fingerprint density at radius 2 is 1.17 bits per heavy atom. The smallest absolute Gasteiger partial charge is 0.462 e. The molecule has 0 spiro atoms. The quantitative estimate of drug-likeness (QED) is 0.0155. The summed E-state index contributed by atoms with van der Waals surface area (Å²) in [6.45, 7) is 3.99. The fourth-order valence-corrected chi connectivity index (χ4v) is 6.21. The molecule has 0 amide bonds. The number of aliphatic hydroxyl groups excluding tert-OH is 1. The standard InChI is InChI=1S/C48H82NO9P/c1-6-8-10-12-14-16-18-20-22-24-25-27-29-31-33-35-37-45(50)39-40-48(52)58-46(44-57-59(53,54)56-42-41-49(3,4)5)43-55-47(51)38-36-34-32-30-28-26-23-21-19-17-15-13-11-9-7-2/h8,10,14,16,20-23,25,27,31,33,35,37,45-46,50H,6-7,9,11-13,15,17-19,24,26,28-30,32,34,36,38-44H2,1-5H3/p+1/b10-8-,16-14-,22-20-,23-21-,27-25-,33-31-,37-35-/t45?,46-/m1/s1. The van der Waals surface area contributed by atoms with E-state index in [-0.39, 0.29) is 32.5 Å². The molecule has 0 aromatic rings. The Morgan fingerprint density at radius 1 is 0.627 bits per heavy atom. The second-order valence-electron chi connectivity index (χ2n) is 15.9. The summed E-state index contributed by atoms with van der Waals surface area (Å²) < 4.78 is 34.1. The van der Waals surface area contributed by atoms with Gasteiger partial charge in [-0.2, -0.15) is 0 Å². The lowest BCUT2D eigenvalue weighted by Gasteiger charge is -2.24. The molecule has 3 atom stereocenters. The summed E-state index contributed by atoms with van der Waals surface area (Å²) in [7, 11) is 1.32. The average Bonchev–Trinajstić information content (AvgIpc) is 3.18. The Morgan fingerprint density at radius 3 is 1.75 bits per heavy atom. The molecule has 0 radical (unpaired) electrons. The third-order valence-electron chi connectivity index (χ3n) is 9.03. The summed E-state index contributed by atoms with van der Waals surface area (Å²) in [6, 6.07) is 0. The number of quaternary nitrogens is 1. The van der Waals surface area contributed by atoms with Crippen LogP contribution >= 0.6 is 7.82 Å². The van der Waals surface area contributed by atoms with Crippen molar-refractivity contribution in [3.63, 3.8) is 0 Å². The molecular formula is C48H83NO9P+. The number of likely N-dealkylation sites (N-methyl/N-ethyl adjacent to an activating group) is 1. The number of carbonyl (C=O) groups excluding carboxylic acids is 2. The molecule has 0 aliphatic rings. The second kappa shape index (κ2) is 39.3. The molecule has 0 saturated heterocycles. The van der Waals surface area contributed by atoms with E-state index in [9.17, 15) is 24.2 Å². The number of carbonyl (C=O) groups is 2. The Hall–Kier alpha value is -2.85. The van der Waals surface area contributed by atoms with Gasteiger partial charge in [0.05, 0.1) is 33.9 Å². The first-order valence-electron chi connectivity index (χ1n) is 22.4. The van der Waals surface area contributed by atoms with Crippen LogP contribution in [0.15, 0.2) is 85.1 Å². The van der Waals surface area contributed by atoms with E-state index in [1.165, 1.54) is 38.5 Å². The third kappa shape index (κ3) is 43.1. The van der Waals surface area contributed by atoms with Gasteiger partial charge in [-0.25, -0.2) is 4.57 Å². The van der Waals surface area contributed by atoms with Crippen LogP contribution in [0.1, 0.15) is 149 Å². The maximum atomic E-state index is 12.7. The number of ether oxygens (including phenoxy) is 2. The van der Waals surface area contributed by atoms with Crippen molar-refractivity contribution in [3.05, 3.63) is 85.1 Å². The van der Waals surface area contributed by atoms with Gasteiger partial charge in [0.15, 0.2) is 6.10 Å². The maximum Gasteiger partial charge on any atom is 0.472 e. The molecule has 2 unspecified atom stereocenters. The molecule has 0 saturated carbocycles. The molecule has 0 aromatic heterocycles. The van der Waals surface area contributed by atoms with Gasteiger partial charge in [0.25, 0.3) is 0 Å². The summed E-state index contributed by atoms with van der Waals surface area (Å²) in [5, 5.41) is 10.4. The summed E-state index contributed by atoms with van der Waals surface area (Å²) in [6.07, 6.45) is 46.8. The van der Waals surface area contributed by atoms with Crippen LogP contribution in [0, 0.1) is 0 Å². The van der Waals surface area contributed by atoms with Gasteiger partial charge in [0.2, 0.25) is 0 Å². The number of esters is 2. The molecule has 11 heteroatoms. The molecule has 0 fully saturated rings. The normalized spacial score (nSPS) is 14.9. The first kappa shape index (κ1) is 56.1. The molecule has 0 aromatic carbocycles. The van der Waals surface area contributed by atoms with Crippen molar-refractivity contribution in [1.82, 2.24) is 0 Å². The van der Waals surface area contributed by atoms with Crippen LogP contribution in [0.2, 0.25) is 0 Å². The van der Waals surface area contributed by atoms with Gasteiger partial charge in [0.1, 0.15) is 19.8 Å². The molecule has 338 valence electrons. The van der Waals surface area contributed by atoms with E-state index in [1.54, 1.807) is 12.2 Å². The number of rotatable bonds is 39. The van der Waals surface area contributed by atoms with E-state index in [2.05, 4.69) is 74.6 Å². The highest BCUT2D eigenvalue weighted by atomic mass is 31.2. The number of hydrogen-bond donors (Lipinski definition) is 2. The van der Waals surface area contributed by atoms with E-state index in [4.69, 9.17) is 18.5 Å². The van der Waals surface area contributed by atoms with E-state index in [0.29, 0.717) is 17.4 Å². The molecular weight excluding hydrogens is 766 g/mol. The third-order valence-corrected chi connectivity index (χ3v) is 10.0. The van der Waals surface area contributed by atoms with E-state index < -0.39 is 38.6 Å². The molecule has 0 bridgehead atoms. The van der Waals surface area contributed by atoms with Crippen molar-refractivity contribution >= 4 is 19.8 Å². The van der Waals surface area contributed by atoms with Crippen LogP contribution in [0.25, 0.3) is 0 Å². The van der Waals surface area contributed by atoms with Crippen LogP contribution in [-0.2, 0) is 32.7 Å². The average molecular weight is 849 g/mol. The summed E-state index contributed by atoms with van der Waals surface area (Å²) in [4.78, 5) is 35.4. The van der Waals surface area contributed by atoms with Gasteiger partial charge in [-0.15, -0.1) is 0 Å². The molecule has 0 aliphatic carbocycles. The van der Waals surface area contributed by atoms with Crippen LogP contribution in [0.4, 0.5) is 0 Å². The van der Waals surface area contributed by atoms with E-state index in [0.717, 1.165) is 70.6 Å². The molecule has 0 heterocycles. The lowest BCUT2D eigenvalue weighted by atomic mass is 10.1. The van der Waals surface area contributed by atoms with Crippen LogP contribution < -0.4 is 0 Å². The zero-order valence-corrected chi connectivity index (χ0v) is 38.5. The largest absolute Gasteiger partial charge is 0.472 e. The highest BCUT2D eigenvalue weighted by molar-refractivity contribution is 7.47. The zero-order valence-electron chi connectivity index (χ0n) is 37.6. The summed E-state index contributed by atoms with van der Waals surface area (Å²) in [5.74, 6) is -1.10. The van der Waals surface area contributed by atoms with E-state index in [1.807, 2.05) is 33.3 Å². The van der Waals surface area contributed by atoms with Gasteiger partial charge in [-0.3, -0.25) is 18.6 Å². The van der Waals surface area contributed by atoms with Gasteiger partial charge in [-0.1, -0.05) is 150 Å². The predicted octanol–water partition coefficient (Wildman–Crippen LogP) is 11.8. The maximum absolute atomic E-state index is 12.7. The topological polar surface area (TPSA) is 129 Å². The first-order valence-corrected chi connectivity index (χ1v) is 23.9. The Balaban J connectivity index is 4.63. The minimum absolute atomic E-state index is 0.0162. The number of hydrogen-bond acceptors (Lipinski definition) is 8. The van der Waals surface area contributed by atoms with Gasteiger partial charge in [0, 0.05) is 12.8 Å². The van der Waals surface area contributed by atoms with Crippen molar-refractivity contribution in [2.24, 2.45) is 0 Å². The number of aliphatic hydroxyl groups is 1. The van der Waals surface area contributed by atoms with E-state index >= 15 is 0 Å². The zero-order chi connectivity index (χ0) is 43.7. The highest BCUT2D eigenvalue weighted by Gasteiger charge is 2.27. The van der Waals surface area contributed by atoms with Crippen LogP contribution in [0.5, 0.6) is 0 Å². The predicted molar refractivity (Wildman–Crippen MR) is 244 cm³/mol. The van der Waals surface area contributed by atoms with Crippen LogP contribution in [-0.4, -0.2) is 86.1 Å². The van der Waals surface area contributed by atoms with Crippen LogP contribution in [0.3, 0.4) is 0 Å². The van der Waals surface area contributed by atoms with Gasteiger partial charge < -0.3 is 24.0 Å². The Labute approximate surface area is 359 Å². The number of allylic oxidation sites excluding steroid dienone is 13. The minimum atomic E-state index is -4.45. The summed E-state index contributed by atoms with van der Waals surface area (Å²) >= 11 is 0. The second-order valence-corrected chi connectivity index (χ2v) is 17.3. The first-order chi connectivity index (χ1) is 28.4.